The first-order chi connectivity index (χ1) is 15.8. The predicted octanol–water partition coefficient (Wildman–Crippen LogP) is 4.62. The average Bonchev–Trinajstić information content (AvgIpc) is 3.24. The van der Waals surface area contributed by atoms with Gasteiger partial charge in [0.05, 0.1) is 10.6 Å². The van der Waals surface area contributed by atoms with E-state index in [2.05, 4.69) is 10.6 Å². The van der Waals surface area contributed by atoms with Crippen molar-refractivity contribution in [1.29, 1.82) is 0 Å². The standard InChI is InChI=1S/C24H20ClN3O3S2/c25-21-7-3-1-5-17(21)9-14-23(29)27-24(32)26-19-10-12-20(13-11-19)33(30,31)28-16-15-18-6-2-4-8-22(18)28/h1-14H,15-16H2,(H2,26,27,29,32)/b14-9+. The number of sulfonamides is 1. The fourth-order valence-electron chi connectivity index (χ4n) is 3.49. The van der Waals surface area contributed by atoms with E-state index >= 15 is 0 Å². The molecule has 0 spiro atoms. The fourth-order valence-corrected chi connectivity index (χ4v) is 5.41. The van der Waals surface area contributed by atoms with E-state index in [1.165, 1.54) is 22.5 Å². The van der Waals surface area contributed by atoms with E-state index in [-0.39, 0.29) is 10.0 Å². The molecule has 4 rings (SSSR count). The van der Waals surface area contributed by atoms with Crippen LogP contribution in [0.5, 0.6) is 0 Å². The van der Waals surface area contributed by atoms with E-state index in [0.717, 1.165) is 5.56 Å². The van der Waals surface area contributed by atoms with E-state index in [9.17, 15) is 13.2 Å². The molecular formula is C24H20ClN3O3S2. The molecular weight excluding hydrogens is 478 g/mol. The minimum absolute atomic E-state index is 0.0906. The van der Waals surface area contributed by atoms with Crippen LogP contribution in [0.25, 0.3) is 6.08 Å². The van der Waals surface area contributed by atoms with Crippen molar-refractivity contribution >= 4 is 62.3 Å². The molecule has 1 amide bonds. The van der Waals surface area contributed by atoms with Gasteiger partial charge in [0.1, 0.15) is 0 Å². The Kier molecular flexibility index (Phi) is 6.78. The topological polar surface area (TPSA) is 78.5 Å². The van der Waals surface area contributed by atoms with Crippen LogP contribution < -0.4 is 14.9 Å². The number of para-hydroxylation sites is 1. The Balaban J connectivity index is 1.38. The number of hydrogen-bond donors (Lipinski definition) is 2. The maximum atomic E-state index is 13.1. The SMILES string of the molecule is O=C(/C=C/c1ccccc1Cl)NC(=S)Nc1ccc(S(=O)(=O)N2CCc3ccccc32)cc1. The molecule has 0 saturated carbocycles. The number of nitrogens with zero attached hydrogens (tertiary/aromatic N) is 1. The summed E-state index contributed by atoms with van der Waals surface area (Å²) < 4.78 is 27.6. The molecule has 3 aromatic rings. The van der Waals surface area contributed by atoms with Crippen LogP contribution >= 0.6 is 23.8 Å². The highest BCUT2D eigenvalue weighted by atomic mass is 35.5. The van der Waals surface area contributed by atoms with E-state index in [4.69, 9.17) is 23.8 Å². The number of benzene rings is 3. The maximum Gasteiger partial charge on any atom is 0.264 e. The first-order valence-electron chi connectivity index (χ1n) is 10.1. The van der Waals surface area contributed by atoms with Crippen LogP contribution in [-0.2, 0) is 21.2 Å². The molecule has 168 valence electrons. The first-order valence-corrected chi connectivity index (χ1v) is 12.3. The minimum Gasteiger partial charge on any atom is -0.332 e. The van der Waals surface area contributed by atoms with E-state index in [1.54, 1.807) is 36.4 Å². The normalized spacial score (nSPS) is 13.1. The quantitative estimate of drug-likeness (QED) is 0.397. The Morgan fingerprint density at radius 3 is 2.45 bits per heavy atom. The Bertz CT molecular complexity index is 1340. The van der Waals surface area contributed by atoms with Gasteiger partial charge in [-0.3, -0.25) is 14.4 Å². The largest absolute Gasteiger partial charge is 0.332 e. The van der Waals surface area contributed by atoms with Gasteiger partial charge in [-0.05, 0) is 72.2 Å². The lowest BCUT2D eigenvalue weighted by Crippen LogP contribution is -2.32. The number of halogens is 1. The van der Waals surface area contributed by atoms with Gasteiger partial charge in [0.25, 0.3) is 10.0 Å². The minimum atomic E-state index is -3.67. The second-order valence-electron chi connectivity index (χ2n) is 7.28. The first kappa shape index (κ1) is 23.0. The van der Waals surface area contributed by atoms with Gasteiger partial charge < -0.3 is 5.32 Å². The molecule has 1 heterocycles. The van der Waals surface area contributed by atoms with Crippen LogP contribution in [0.3, 0.4) is 0 Å². The number of fused-ring (bicyclic) bond motifs is 1. The molecule has 0 unspecified atom stereocenters. The van der Waals surface area contributed by atoms with Crippen LogP contribution in [0.1, 0.15) is 11.1 Å². The molecule has 0 atom stereocenters. The lowest BCUT2D eigenvalue weighted by Gasteiger charge is -2.19. The monoisotopic (exact) mass is 497 g/mol. The third kappa shape index (κ3) is 5.24. The number of carbonyl (C=O) groups excluding carboxylic acids is 1. The van der Waals surface area contributed by atoms with Crippen molar-refractivity contribution in [3.8, 4) is 0 Å². The molecule has 3 aromatic carbocycles. The number of thiocarbonyl (C=S) groups is 1. The molecule has 1 aliphatic heterocycles. The molecule has 0 aromatic heterocycles. The summed E-state index contributed by atoms with van der Waals surface area (Å²) in [5.41, 5.74) is 3.00. The van der Waals surface area contributed by atoms with Gasteiger partial charge in [0.2, 0.25) is 5.91 Å². The molecule has 0 saturated heterocycles. The van der Waals surface area contributed by atoms with Gasteiger partial charge in [-0.25, -0.2) is 8.42 Å². The highest BCUT2D eigenvalue weighted by Gasteiger charge is 2.30. The molecule has 2 N–H and O–H groups in total. The van der Waals surface area contributed by atoms with Gasteiger partial charge in [0, 0.05) is 23.3 Å². The number of carbonyl (C=O) groups is 1. The lowest BCUT2D eigenvalue weighted by atomic mass is 10.2. The van der Waals surface area contributed by atoms with Gasteiger partial charge in [-0.15, -0.1) is 0 Å². The van der Waals surface area contributed by atoms with Gasteiger partial charge >= 0.3 is 0 Å². The third-order valence-corrected chi connectivity index (χ3v) is 7.48. The van der Waals surface area contributed by atoms with Crippen molar-refractivity contribution < 1.29 is 13.2 Å². The maximum absolute atomic E-state index is 13.1. The summed E-state index contributed by atoms with van der Waals surface area (Å²) in [6, 6.07) is 20.9. The predicted molar refractivity (Wildman–Crippen MR) is 136 cm³/mol. The number of anilines is 2. The van der Waals surface area contributed by atoms with Crippen molar-refractivity contribution in [3.63, 3.8) is 0 Å². The zero-order valence-electron chi connectivity index (χ0n) is 17.4. The van der Waals surface area contributed by atoms with E-state index < -0.39 is 15.9 Å². The molecule has 0 aliphatic carbocycles. The van der Waals surface area contributed by atoms with Gasteiger partial charge in [0.15, 0.2) is 5.11 Å². The summed E-state index contributed by atoms with van der Waals surface area (Å²) in [5, 5.41) is 6.05. The second-order valence-corrected chi connectivity index (χ2v) is 9.96. The molecule has 0 fully saturated rings. The summed E-state index contributed by atoms with van der Waals surface area (Å²) in [5.74, 6) is -0.417. The van der Waals surface area contributed by atoms with Crippen molar-refractivity contribution in [2.45, 2.75) is 11.3 Å². The lowest BCUT2D eigenvalue weighted by molar-refractivity contribution is -0.115. The molecule has 0 bridgehead atoms. The van der Waals surface area contributed by atoms with Crippen LogP contribution in [0.15, 0.2) is 83.8 Å². The summed E-state index contributed by atoms with van der Waals surface area (Å²) in [6.07, 6.45) is 3.61. The zero-order chi connectivity index (χ0) is 23.4. The van der Waals surface area contributed by atoms with Crippen molar-refractivity contribution in [2.24, 2.45) is 0 Å². The highest BCUT2D eigenvalue weighted by molar-refractivity contribution is 7.92. The van der Waals surface area contributed by atoms with Crippen LogP contribution in [0.4, 0.5) is 11.4 Å². The summed E-state index contributed by atoms with van der Waals surface area (Å²) in [7, 11) is -3.67. The van der Waals surface area contributed by atoms with Crippen molar-refractivity contribution in [1.82, 2.24) is 5.32 Å². The fraction of sp³-hybridized carbons (Fsp3) is 0.0833. The third-order valence-electron chi connectivity index (χ3n) is 5.10. The van der Waals surface area contributed by atoms with E-state index in [0.29, 0.717) is 34.9 Å². The van der Waals surface area contributed by atoms with Crippen molar-refractivity contribution in [3.05, 3.63) is 95.0 Å². The molecule has 1 aliphatic rings. The van der Waals surface area contributed by atoms with Crippen LogP contribution in [0.2, 0.25) is 5.02 Å². The van der Waals surface area contributed by atoms with Gasteiger partial charge in [-0.1, -0.05) is 48.0 Å². The Morgan fingerprint density at radius 1 is 1.00 bits per heavy atom. The Labute approximate surface area is 202 Å². The molecule has 6 nitrogen and oxygen atoms in total. The molecule has 0 radical (unpaired) electrons. The van der Waals surface area contributed by atoms with E-state index in [1.807, 2.05) is 30.3 Å². The number of hydrogen-bond acceptors (Lipinski definition) is 4. The Hall–Kier alpha value is -3.20. The average molecular weight is 498 g/mol. The van der Waals surface area contributed by atoms with Crippen LogP contribution in [0, 0.1) is 0 Å². The summed E-state index contributed by atoms with van der Waals surface area (Å²) in [4.78, 5) is 12.3. The molecule has 9 heteroatoms. The number of rotatable bonds is 5. The summed E-state index contributed by atoms with van der Waals surface area (Å²) in [6.45, 7) is 0.416. The smallest absolute Gasteiger partial charge is 0.264 e. The van der Waals surface area contributed by atoms with Gasteiger partial charge in [-0.2, -0.15) is 0 Å². The Morgan fingerprint density at radius 2 is 1.70 bits per heavy atom. The highest BCUT2D eigenvalue weighted by Crippen LogP contribution is 2.32. The number of nitrogens with one attached hydrogen (secondary N) is 2. The zero-order valence-corrected chi connectivity index (χ0v) is 19.8. The summed E-state index contributed by atoms with van der Waals surface area (Å²) >= 11 is 11.2. The number of amides is 1. The van der Waals surface area contributed by atoms with Crippen molar-refractivity contribution in [2.75, 3.05) is 16.2 Å². The molecule has 33 heavy (non-hydrogen) atoms. The van der Waals surface area contributed by atoms with Crippen LogP contribution in [-0.4, -0.2) is 26.0 Å². The second kappa shape index (κ2) is 9.74.